The van der Waals surface area contributed by atoms with Gasteiger partial charge in [0.05, 0.1) is 22.5 Å². The first-order valence-electron chi connectivity index (χ1n) is 31.2. The van der Waals surface area contributed by atoms with Gasteiger partial charge in [-0.3, -0.25) is 24.7 Å². The third kappa shape index (κ3) is 12.4. The third-order valence-electron chi connectivity index (χ3n) is 20.0. The largest absolute Gasteiger partial charge is 0.481 e. The quantitative estimate of drug-likeness (QED) is 0.0599. The van der Waals surface area contributed by atoms with Gasteiger partial charge in [-0.2, -0.15) is 15.2 Å². The molecule has 2 aliphatic carbocycles. The third-order valence-corrected chi connectivity index (χ3v) is 20.0. The van der Waals surface area contributed by atoms with Gasteiger partial charge in [0.1, 0.15) is 41.3 Å². The van der Waals surface area contributed by atoms with Crippen molar-refractivity contribution in [3.63, 3.8) is 0 Å². The van der Waals surface area contributed by atoms with Crippen molar-refractivity contribution in [2.24, 2.45) is 57.3 Å². The molecule has 0 bridgehead atoms. The summed E-state index contributed by atoms with van der Waals surface area (Å²) in [5, 5.41) is 81.2. The predicted molar refractivity (Wildman–Crippen MR) is 333 cm³/mol. The van der Waals surface area contributed by atoms with Crippen LogP contribution in [0, 0.1) is 90.8 Å². The number of aromatic nitrogens is 7. The van der Waals surface area contributed by atoms with Crippen molar-refractivity contribution >= 4 is 57.5 Å². The number of carboxylic acids is 2. The molecule has 2 aromatic carbocycles. The van der Waals surface area contributed by atoms with Crippen LogP contribution in [0.15, 0.2) is 45.4 Å². The van der Waals surface area contributed by atoms with E-state index in [0.717, 1.165) is 77.8 Å². The number of fused-ring (bicyclic) bond motifs is 4. The van der Waals surface area contributed by atoms with Crippen molar-refractivity contribution < 1.29 is 40.1 Å². The summed E-state index contributed by atoms with van der Waals surface area (Å²) in [6.07, 6.45) is 5.75. The number of aryl methyl sites for hydroxylation is 3. The molecule has 4 N–H and O–H groups in total. The molecular formula is C66H89N13O8. The van der Waals surface area contributed by atoms with Crippen LogP contribution in [0.3, 0.4) is 0 Å². The van der Waals surface area contributed by atoms with E-state index in [9.17, 15) is 40.8 Å². The average Bonchev–Trinajstić information content (AvgIpc) is 1.77. The Hall–Kier alpha value is -7.17. The highest BCUT2D eigenvalue weighted by Crippen LogP contribution is 2.51. The van der Waals surface area contributed by atoms with Crippen molar-refractivity contribution in [2.45, 2.75) is 203 Å². The highest BCUT2D eigenvalue weighted by Gasteiger charge is 2.48. The van der Waals surface area contributed by atoms with Crippen LogP contribution in [0.4, 0.5) is 22.7 Å². The molecule has 2 fully saturated rings. The van der Waals surface area contributed by atoms with E-state index in [1.807, 2.05) is 25.3 Å². The van der Waals surface area contributed by atoms with E-state index in [1.54, 1.807) is 0 Å². The number of hydrogen-bond acceptors (Lipinski definition) is 17. The summed E-state index contributed by atoms with van der Waals surface area (Å²) in [7, 11) is 0. The van der Waals surface area contributed by atoms with Gasteiger partial charge < -0.3 is 20.0 Å². The van der Waals surface area contributed by atoms with Crippen molar-refractivity contribution in [1.82, 2.24) is 35.0 Å². The Morgan fingerprint density at radius 1 is 0.632 bits per heavy atom. The van der Waals surface area contributed by atoms with Crippen molar-refractivity contribution in [3.05, 3.63) is 75.1 Å². The summed E-state index contributed by atoms with van der Waals surface area (Å²) < 4.78 is 3.29. The molecule has 2 aromatic heterocycles. The van der Waals surface area contributed by atoms with E-state index >= 15 is 0 Å². The number of nitrogens with zero attached hydrogens (tertiary/aromatic N) is 13. The Morgan fingerprint density at radius 2 is 1.05 bits per heavy atom. The van der Waals surface area contributed by atoms with Crippen molar-refractivity contribution in [2.75, 3.05) is 22.9 Å². The minimum atomic E-state index is -0.791. The number of aliphatic carboxylic acids is 2. The van der Waals surface area contributed by atoms with Crippen LogP contribution >= 0.6 is 0 Å². The Morgan fingerprint density at radius 3 is 1.46 bits per heavy atom. The SMILES string of the molecule is Cc1cc2c(cc1N=C1C(C#N)=C(C(OO)C3C(C)CC(C)CC3C)c3nnc(C)n31)C(C)CC(C)(C)N2CCCC(=O)O.Cc1cc2c(cc1N=C1C(C#N)=C(C(OO)C3C(C)CC(C)CC3C)c3nnnn31)C(C)CC(C)(C)N2CCCC(=O)O. The van der Waals surface area contributed by atoms with Crippen LogP contribution in [0.1, 0.15) is 199 Å². The van der Waals surface area contributed by atoms with Crippen LogP contribution < -0.4 is 9.80 Å². The predicted octanol–water partition coefficient (Wildman–Crippen LogP) is 12.9. The molecule has 0 spiro atoms. The number of hydrogen-bond donors (Lipinski definition) is 4. The lowest BCUT2D eigenvalue weighted by Gasteiger charge is -2.48. The molecule has 8 atom stereocenters. The first kappa shape index (κ1) is 64.3. The number of anilines is 2. The standard InChI is InChI=1S/C34H46N6O4.C32H43N7O4/c1-18-12-20(3)29(21(4)13-18)31(44-43)30-25(17-35)32(40-23(6)37-38-33(30)40)36-26-15-24-22(5)16-34(7,8)39(11-9-10-28(41)42)27(24)14-19(26)2;1-17-11-19(3)27(20(4)12-17)29(43-42)28-23(16-33)30(39-31(28)35-36-37-39)34-24-14-22-21(5)15-32(6,7)38(10-8-9-26(40)41)25(22)13-18(24)2/h14-15,18,20-22,29,31,43H,9-13,16H2,1-8H3,(H,41,42);13-14,17,19-21,27,29,42H,8-12,15H2,1-7H3,(H,40,41). The molecule has 4 aromatic rings. The summed E-state index contributed by atoms with van der Waals surface area (Å²) in [6, 6.07) is 13.2. The van der Waals surface area contributed by atoms with E-state index in [2.05, 4.69) is 155 Å². The maximum Gasteiger partial charge on any atom is 0.303 e. The normalized spacial score (nSPS) is 27.9. The molecule has 21 heteroatoms. The van der Waals surface area contributed by atoms with E-state index < -0.39 is 24.1 Å². The molecule has 6 aliphatic rings. The van der Waals surface area contributed by atoms with Gasteiger partial charge in [0.25, 0.3) is 0 Å². The maximum atomic E-state index is 11.2. The number of tetrazole rings is 1. The smallest absolute Gasteiger partial charge is 0.303 e. The fourth-order valence-corrected chi connectivity index (χ4v) is 16.6. The van der Waals surface area contributed by atoms with E-state index in [1.165, 1.54) is 4.68 Å². The molecule has 4 aliphatic heterocycles. The monoisotopic (exact) mass is 1190 g/mol. The molecule has 21 nitrogen and oxygen atoms in total. The summed E-state index contributed by atoms with van der Waals surface area (Å²) in [5.41, 5.74) is 9.17. The van der Waals surface area contributed by atoms with Gasteiger partial charge in [-0.1, -0.05) is 55.4 Å². The fourth-order valence-electron chi connectivity index (χ4n) is 16.6. The highest BCUT2D eigenvalue weighted by molar-refractivity contribution is 6.16. The second-order valence-corrected chi connectivity index (χ2v) is 27.8. The van der Waals surface area contributed by atoms with E-state index in [4.69, 9.17) is 19.8 Å². The fraction of sp³-hybridized carbons (Fsp3) is 0.621. The molecule has 0 amide bonds. The lowest BCUT2D eigenvalue weighted by atomic mass is 9.66. The topological polar surface area (TPSA) is 287 Å². The zero-order valence-corrected chi connectivity index (χ0v) is 53.5. The van der Waals surface area contributed by atoms with Gasteiger partial charge in [-0.15, -0.1) is 15.3 Å². The zero-order chi connectivity index (χ0) is 63.3. The van der Waals surface area contributed by atoms with Crippen LogP contribution in [0.5, 0.6) is 0 Å². The molecule has 87 heavy (non-hydrogen) atoms. The van der Waals surface area contributed by atoms with Crippen LogP contribution in [0.25, 0.3) is 11.1 Å². The molecule has 8 unspecified atom stereocenters. The molecule has 6 heterocycles. The maximum absolute atomic E-state index is 11.2. The first-order chi connectivity index (χ1) is 41.2. The average molecular weight is 1190 g/mol. The van der Waals surface area contributed by atoms with Crippen LogP contribution in [-0.2, 0) is 19.4 Å². The molecule has 10 rings (SSSR count). The lowest BCUT2D eigenvalue weighted by molar-refractivity contribution is -0.282. The summed E-state index contributed by atoms with van der Waals surface area (Å²) in [6.45, 7) is 33.6. The van der Waals surface area contributed by atoms with E-state index in [0.29, 0.717) is 89.3 Å². The minimum Gasteiger partial charge on any atom is -0.481 e. The number of benzene rings is 2. The van der Waals surface area contributed by atoms with Gasteiger partial charge >= 0.3 is 11.9 Å². The number of allylic oxidation sites excluding steroid dienone is 2. The van der Waals surface area contributed by atoms with Crippen LogP contribution in [-0.4, -0.2) is 116 Å². The van der Waals surface area contributed by atoms with Gasteiger partial charge in [0.2, 0.25) is 0 Å². The summed E-state index contributed by atoms with van der Waals surface area (Å²) in [4.78, 5) is 47.6. The Labute approximate surface area is 511 Å². The Bertz CT molecular complexity index is 3480. The number of nitriles is 2. The number of carboxylic acid groups (broad SMARTS) is 2. The second-order valence-electron chi connectivity index (χ2n) is 27.8. The molecule has 2 saturated carbocycles. The van der Waals surface area contributed by atoms with Crippen LogP contribution in [0.2, 0.25) is 0 Å². The zero-order valence-electron chi connectivity index (χ0n) is 53.5. The number of aliphatic imine (C=N–C) groups is 2. The Kier molecular flexibility index (Phi) is 18.9. The summed E-state index contributed by atoms with van der Waals surface area (Å²) in [5.74, 6) is 3.37. The first-order valence-corrected chi connectivity index (χ1v) is 31.2. The Balaban J connectivity index is 0.000000208. The number of carbonyl (C=O) groups is 2. The lowest BCUT2D eigenvalue weighted by Crippen LogP contribution is -2.48. The van der Waals surface area contributed by atoms with Gasteiger partial charge in [-0.05, 0) is 216 Å². The minimum absolute atomic E-state index is 0.00107. The molecule has 0 saturated heterocycles. The van der Waals surface area contributed by atoms with Gasteiger partial charge in [0.15, 0.2) is 23.3 Å². The van der Waals surface area contributed by atoms with Gasteiger partial charge in [-0.25, -0.2) is 19.8 Å². The molecule has 0 radical (unpaired) electrons. The second kappa shape index (κ2) is 25.5. The van der Waals surface area contributed by atoms with Crippen molar-refractivity contribution in [1.29, 1.82) is 10.5 Å². The molecule has 466 valence electrons. The van der Waals surface area contributed by atoms with Gasteiger partial charge in [0, 0.05) is 48.4 Å². The summed E-state index contributed by atoms with van der Waals surface area (Å²) >= 11 is 0. The number of rotatable bonds is 16. The highest BCUT2D eigenvalue weighted by atomic mass is 17.1. The molecular weight excluding hydrogens is 1100 g/mol. The van der Waals surface area contributed by atoms with E-state index in [-0.39, 0.29) is 76.8 Å². The van der Waals surface area contributed by atoms with Crippen molar-refractivity contribution in [3.8, 4) is 12.1 Å².